The molecule has 1 aromatic heterocycles. The van der Waals surface area contributed by atoms with Crippen LogP contribution in [0.15, 0.2) is 16.9 Å². The molecule has 0 N–H and O–H groups in total. The standard InChI is InChI=1S/C16H16Cl2N2O2S/c1-6-9(2)22-13-8-12(10(17)7-11(13)18)20-15(21)23-14(19-20)16(3,4)5/h1,7-9H,2-5H3. The third-order valence-corrected chi connectivity index (χ3v) is 4.79. The second-order valence-electron chi connectivity index (χ2n) is 6.00. The van der Waals surface area contributed by atoms with Crippen molar-refractivity contribution >= 4 is 34.5 Å². The van der Waals surface area contributed by atoms with Crippen molar-refractivity contribution in [2.75, 3.05) is 0 Å². The second-order valence-corrected chi connectivity index (χ2v) is 7.75. The number of rotatable bonds is 3. The van der Waals surface area contributed by atoms with E-state index in [1.807, 2.05) is 20.8 Å². The summed E-state index contributed by atoms with van der Waals surface area (Å²) in [5.41, 5.74) is 0.178. The Morgan fingerprint density at radius 1 is 1.35 bits per heavy atom. The van der Waals surface area contributed by atoms with Crippen molar-refractivity contribution in [1.29, 1.82) is 0 Å². The average molecular weight is 371 g/mol. The van der Waals surface area contributed by atoms with Crippen molar-refractivity contribution in [3.63, 3.8) is 0 Å². The van der Waals surface area contributed by atoms with Crippen LogP contribution in [0.1, 0.15) is 32.7 Å². The van der Waals surface area contributed by atoms with E-state index in [1.54, 1.807) is 13.0 Å². The molecule has 122 valence electrons. The lowest BCUT2D eigenvalue weighted by atomic mass is 9.98. The van der Waals surface area contributed by atoms with Gasteiger partial charge in [0, 0.05) is 11.5 Å². The number of halogens is 2. The fourth-order valence-corrected chi connectivity index (χ4v) is 3.06. The first-order valence-corrected chi connectivity index (χ1v) is 8.43. The number of aromatic nitrogens is 2. The van der Waals surface area contributed by atoms with E-state index in [9.17, 15) is 4.79 Å². The van der Waals surface area contributed by atoms with Crippen molar-refractivity contribution in [3.8, 4) is 23.8 Å². The number of terminal acetylenes is 1. The summed E-state index contributed by atoms with van der Waals surface area (Å²) >= 11 is 13.4. The van der Waals surface area contributed by atoms with Crippen molar-refractivity contribution in [2.45, 2.75) is 39.2 Å². The highest BCUT2D eigenvalue weighted by atomic mass is 35.5. The lowest BCUT2D eigenvalue weighted by Gasteiger charge is -2.14. The Morgan fingerprint density at radius 3 is 2.52 bits per heavy atom. The Morgan fingerprint density at radius 2 is 2.00 bits per heavy atom. The van der Waals surface area contributed by atoms with E-state index in [0.717, 1.165) is 11.3 Å². The Bertz CT molecular complexity index is 828. The molecular weight excluding hydrogens is 355 g/mol. The Balaban J connectivity index is 2.56. The van der Waals surface area contributed by atoms with Gasteiger partial charge in [0.15, 0.2) is 6.10 Å². The molecule has 0 amide bonds. The average Bonchev–Trinajstić information content (AvgIpc) is 2.83. The van der Waals surface area contributed by atoms with Crippen LogP contribution >= 0.6 is 34.5 Å². The third kappa shape index (κ3) is 3.89. The summed E-state index contributed by atoms with van der Waals surface area (Å²) < 4.78 is 6.82. The zero-order valence-corrected chi connectivity index (χ0v) is 15.5. The molecule has 1 atom stereocenters. The molecule has 7 heteroatoms. The normalized spacial score (nSPS) is 12.7. The van der Waals surface area contributed by atoms with Gasteiger partial charge in [-0.15, -0.1) is 6.42 Å². The molecule has 0 aliphatic heterocycles. The zero-order chi connectivity index (χ0) is 17.4. The van der Waals surface area contributed by atoms with Gasteiger partial charge < -0.3 is 4.74 Å². The fourth-order valence-electron chi connectivity index (χ4n) is 1.73. The highest BCUT2D eigenvalue weighted by molar-refractivity contribution is 7.09. The SMILES string of the molecule is C#CC(C)Oc1cc(-n2nc(C(C)(C)C)sc2=O)c(Cl)cc1Cl. The van der Waals surface area contributed by atoms with Crippen molar-refractivity contribution in [1.82, 2.24) is 9.78 Å². The summed E-state index contributed by atoms with van der Waals surface area (Å²) in [5.74, 6) is 2.81. The molecule has 23 heavy (non-hydrogen) atoms. The lowest BCUT2D eigenvalue weighted by molar-refractivity contribution is 0.279. The van der Waals surface area contributed by atoms with Gasteiger partial charge in [-0.25, -0.2) is 0 Å². The maximum absolute atomic E-state index is 12.3. The molecule has 4 nitrogen and oxygen atoms in total. The minimum absolute atomic E-state index is 0.227. The molecule has 1 aromatic carbocycles. The van der Waals surface area contributed by atoms with E-state index in [0.29, 0.717) is 26.5 Å². The van der Waals surface area contributed by atoms with Crippen molar-refractivity contribution in [2.24, 2.45) is 0 Å². The molecular formula is C16H16Cl2N2O2S. The van der Waals surface area contributed by atoms with E-state index in [-0.39, 0.29) is 10.3 Å². The van der Waals surface area contributed by atoms with Gasteiger partial charge in [-0.05, 0) is 13.0 Å². The van der Waals surface area contributed by atoms with Crippen LogP contribution in [0.3, 0.4) is 0 Å². The molecule has 0 bridgehead atoms. The van der Waals surface area contributed by atoms with Gasteiger partial charge in [0.2, 0.25) is 0 Å². The molecule has 0 fully saturated rings. The van der Waals surface area contributed by atoms with Gasteiger partial charge in [0.1, 0.15) is 10.8 Å². The third-order valence-electron chi connectivity index (χ3n) is 2.96. The highest BCUT2D eigenvalue weighted by Crippen LogP contribution is 2.34. The van der Waals surface area contributed by atoms with Crippen LogP contribution in [0.2, 0.25) is 10.0 Å². The molecule has 2 aromatic rings. The summed E-state index contributed by atoms with van der Waals surface area (Å²) in [5, 5.41) is 5.73. The molecule has 0 radical (unpaired) electrons. The number of benzene rings is 1. The minimum Gasteiger partial charge on any atom is -0.476 e. The van der Waals surface area contributed by atoms with Crippen molar-refractivity contribution < 1.29 is 4.74 Å². The quantitative estimate of drug-likeness (QED) is 0.756. The summed E-state index contributed by atoms with van der Waals surface area (Å²) in [4.78, 5) is 12.0. The van der Waals surface area contributed by atoms with Crippen molar-refractivity contribution in [3.05, 3.63) is 36.9 Å². The van der Waals surface area contributed by atoms with Crippen LogP contribution in [0.5, 0.6) is 5.75 Å². The topological polar surface area (TPSA) is 44.1 Å². The van der Waals surface area contributed by atoms with Gasteiger partial charge in [-0.2, -0.15) is 9.78 Å². The van der Waals surface area contributed by atoms with Crippen LogP contribution in [0.25, 0.3) is 5.69 Å². The van der Waals surface area contributed by atoms with Gasteiger partial charge in [0.25, 0.3) is 0 Å². The molecule has 1 heterocycles. The first kappa shape index (κ1) is 17.9. The molecule has 0 saturated carbocycles. The predicted octanol–water partition coefficient (Wildman–Crippen LogP) is 4.30. The van der Waals surface area contributed by atoms with Crippen LogP contribution in [-0.2, 0) is 5.41 Å². The predicted molar refractivity (Wildman–Crippen MR) is 95.4 cm³/mol. The van der Waals surface area contributed by atoms with Gasteiger partial charge in [0.05, 0.1) is 15.7 Å². The summed E-state index contributed by atoms with van der Waals surface area (Å²) in [7, 11) is 0. The number of nitrogens with zero attached hydrogens (tertiary/aromatic N) is 2. The zero-order valence-electron chi connectivity index (χ0n) is 13.2. The highest BCUT2D eigenvalue weighted by Gasteiger charge is 2.22. The molecule has 0 spiro atoms. The maximum Gasteiger partial charge on any atom is 0.329 e. The first-order valence-electron chi connectivity index (χ1n) is 6.86. The van der Waals surface area contributed by atoms with E-state index >= 15 is 0 Å². The molecule has 0 aliphatic carbocycles. The summed E-state index contributed by atoms with van der Waals surface area (Å²) in [6.45, 7) is 7.68. The number of ether oxygens (including phenoxy) is 1. The Labute approximate surface area is 149 Å². The lowest BCUT2D eigenvalue weighted by Crippen LogP contribution is -2.15. The summed E-state index contributed by atoms with van der Waals surface area (Å²) in [6.07, 6.45) is 4.85. The van der Waals surface area contributed by atoms with Gasteiger partial charge >= 0.3 is 4.87 Å². The first-order chi connectivity index (χ1) is 10.6. The van der Waals surface area contributed by atoms with Crippen LogP contribution in [0.4, 0.5) is 0 Å². The largest absolute Gasteiger partial charge is 0.476 e. The number of hydrogen-bond donors (Lipinski definition) is 0. The van der Waals surface area contributed by atoms with Gasteiger partial charge in [-0.1, -0.05) is 61.2 Å². The monoisotopic (exact) mass is 370 g/mol. The Kier molecular flexibility index (Phi) is 5.10. The molecule has 0 saturated heterocycles. The van der Waals surface area contributed by atoms with E-state index in [4.69, 9.17) is 34.4 Å². The minimum atomic E-state index is -0.459. The Hall–Kier alpha value is -1.48. The maximum atomic E-state index is 12.3. The fraction of sp³-hybridized carbons (Fsp3) is 0.375. The van der Waals surface area contributed by atoms with Crippen LogP contribution in [0, 0.1) is 12.3 Å². The molecule has 0 aliphatic rings. The molecule has 2 rings (SSSR count). The van der Waals surface area contributed by atoms with Gasteiger partial charge in [-0.3, -0.25) is 4.79 Å². The van der Waals surface area contributed by atoms with E-state index in [1.165, 1.54) is 10.7 Å². The van der Waals surface area contributed by atoms with E-state index < -0.39 is 6.10 Å². The number of hydrogen-bond acceptors (Lipinski definition) is 4. The van der Waals surface area contributed by atoms with Crippen LogP contribution < -0.4 is 9.61 Å². The summed E-state index contributed by atoms with van der Waals surface area (Å²) in [6, 6.07) is 3.09. The molecule has 1 unspecified atom stereocenters. The van der Waals surface area contributed by atoms with E-state index in [2.05, 4.69) is 11.0 Å². The smallest absolute Gasteiger partial charge is 0.329 e. The second kappa shape index (κ2) is 6.56. The van der Waals surface area contributed by atoms with Crippen LogP contribution in [-0.4, -0.2) is 15.9 Å².